The van der Waals surface area contributed by atoms with E-state index < -0.39 is 6.04 Å². The van der Waals surface area contributed by atoms with Gasteiger partial charge in [0.1, 0.15) is 17.5 Å². The second-order valence-electron chi connectivity index (χ2n) is 4.60. The van der Waals surface area contributed by atoms with Crippen LogP contribution in [-0.4, -0.2) is 35.6 Å². The highest BCUT2D eigenvalue weighted by Crippen LogP contribution is 2.19. The van der Waals surface area contributed by atoms with E-state index in [0.29, 0.717) is 10.4 Å². The Morgan fingerprint density at radius 1 is 1.55 bits per heavy atom. The van der Waals surface area contributed by atoms with E-state index >= 15 is 0 Å². The van der Waals surface area contributed by atoms with Crippen LogP contribution in [0, 0.1) is 11.8 Å². The molecule has 1 aliphatic rings. The van der Waals surface area contributed by atoms with E-state index in [2.05, 4.69) is 22.5 Å². The van der Waals surface area contributed by atoms with Crippen LogP contribution in [0.3, 0.4) is 0 Å². The van der Waals surface area contributed by atoms with E-state index in [4.69, 9.17) is 5.11 Å². The van der Waals surface area contributed by atoms with Crippen LogP contribution in [-0.2, 0) is 4.79 Å². The molecule has 0 spiro atoms. The van der Waals surface area contributed by atoms with Crippen LogP contribution in [0.5, 0.6) is 0 Å². The number of carbonyl (C=O) groups excluding carboxylic acids is 2. The van der Waals surface area contributed by atoms with Gasteiger partial charge in [0.25, 0.3) is 5.91 Å². The van der Waals surface area contributed by atoms with Gasteiger partial charge in [0.2, 0.25) is 5.91 Å². The molecule has 2 rings (SSSR count). The molecule has 20 heavy (non-hydrogen) atoms. The quantitative estimate of drug-likeness (QED) is 0.707. The summed E-state index contributed by atoms with van der Waals surface area (Å²) in [7, 11) is 0. The Hall–Kier alpha value is -1.84. The Kier molecular flexibility index (Phi) is 4.77. The van der Waals surface area contributed by atoms with E-state index in [1.165, 1.54) is 11.3 Å². The number of nitrogens with one attached hydrogen (secondary N) is 2. The Morgan fingerprint density at radius 3 is 2.95 bits per heavy atom. The fourth-order valence-electron chi connectivity index (χ4n) is 1.60. The normalized spacial score (nSPS) is 14.9. The van der Waals surface area contributed by atoms with Gasteiger partial charge in [0, 0.05) is 11.6 Å². The van der Waals surface area contributed by atoms with Crippen molar-refractivity contribution in [2.45, 2.75) is 31.8 Å². The van der Waals surface area contributed by atoms with Gasteiger partial charge in [-0.25, -0.2) is 0 Å². The summed E-state index contributed by atoms with van der Waals surface area (Å²) < 4.78 is 0. The number of amides is 2. The van der Waals surface area contributed by atoms with Crippen LogP contribution in [0.25, 0.3) is 0 Å². The summed E-state index contributed by atoms with van der Waals surface area (Å²) in [6.07, 6.45) is 2.02. The standard InChI is InChI=1S/C14H16N2O3S/c1-9(13(18)16-11-4-5-11)15-14(19)12-10(3-2-7-17)6-8-20-12/h6,8-9,11,17H,4-5,7H2,1H3,(H,15,19)(H,16,18). The minimum Gasteiger partial charge on any atom is -0.384 e. The fraction of sp³-hybridized carbons (Fsp3) is 0.429. The van der Waals surface area contributed by atoms with Crippen molar-refractivity contribution in [3.8, 4) is 11.8 Å². The summed E-state index contributed by atoms with van der Waals surface area (Å²) in [6, 6.07) is 1.41. The summed E-state index contributed by atoms with van der Waals surface area (Å²) in [5.41, 5.74) is 0.566. The fourth-order valence-corrected chi connectivity index (χ4v) is 2.35. The van der Waals surface area contributed by atoms with Crippen molar-refractivity contribution in [3.05, 3.63) is 21.9 Å². The molecule has 3 N–H and O–H groups in total. The zero-order valence-corrected chi connectivity index (χ0v) is 11.9. The highest BCUT2D eigenvalue weighted by molar-refractivity contribution is 7.12. The summed E-state index contributed by atoms with van der Waals surface area (Å²) >= 11 is 1.26. The molecule has 0 saturated heterocycles. The molecule has 1 atom stereocenters. The number of hydrogen-bond donors (Lipinski definition) is 3. The number of aliphatic hydroxyl groups is 1. The van der Waals surface area contributed by atoms with Gasteiger partial charge in [-0.1, -0.05) is 11.8 Å². The molecular formula is C14H16N2O3S. The predicted molar refractivity (Wildman–Crippen MR) is 76.4 cm³/mol. The van der Waals surface area contributed by atoms with Crippen LogP contribution in [0.4, 0.5) is 0 Å². The monoisotopic (exact) mass is 292 g/mol. The van der Waals surface area contributed by atoms with Crippen LogP contribution in [0.15, 0.2) is 11.4 Å². The first-order valence-electron chi connectivity index (χ1n) is 6.40. The molecule has 0 radical (unpaired) electrons. The van der Waals surface area contributed by atoms with E-state index in [0.717, 1.165) is 12.8 Å². The topological polar surface area (TPSA) is 78.4 Å². The Morgan fingerprint density at radius 2 is 2.30 bits per heavy atom. The van der Waals surface area contributed by atoms with Gasteiger partial charge < -0.3 is 15.7 Å². The molecule has 1 saturated carbocycles. The van der Waals surface area contributed by atoms with Gasteiger partial charge in [0.05, 0.1) is 0 Å². The van der Waals surface area contributed by atoms with Crippen LogP contribution in [0.1, 0.15) is 35.0 Å². The third-order valence-electron chi connectivity index (χ3n) is 2.84. The number of rotatable bonds is 4. The second kappa shape index (κ2) is 6.55. The van der Waals surface area contributed by atoms with E-state index in [-0.39, 0.29) is 24.5 Å². The molecular weight excluding hydrogens is 276 g/mol. The molecule has 5 nitrogen and oxygen atoms in total. The third-order valence-corrected chi connectivity index (χ3v) is 3.75. The predicted octanol–water partition coefficient (Wildman–Crippen LogP) is 0.489. The lowest BCUT2D eigenvalue weighted by Gasteiger charge is -2.13. The third kappa shape index (κ3) is 3.83. The first-order valence-corrected chi connectivity index (χ1v) is 7.28. The summed E-state index contributed by atoms with van der Waals surface area (Å²) in [6.45, 7) is 1.40. The molecule has 106 valence electrons. The van der Waals surface area contributed by atoms with Crippen molar-refractivity contribution in [1.29, 1.82) is 0 Å². The lowest BCUT2D eigenvalue weighted by molar-refractivity contribution is -0.122. The number of aliphatic hydroxyl groups excluding tert-OH is 1. The molecule has 1 aromatic heterocycles. The molecule has 0 aliphatic heterocycles. The lowest BCUT2D eigenvalue weighted by atomic mass is 10.2. The van der Waals surface area contributed by atoms with Gasteiger partial charge in [-0.05, 0) is 31.2 Å². The zero-order valence-electron chi connectivity index (χ0n) is 11.1. The van der Waals surface area contributed by atoms with Crippen molar-refractivity contribution < 1.29 is 14.7 Å². The van der Waals surface area contributed by atoms with Crippen molar-refractivity contribution >= 4 is 23.2 Å². The van der Waals surface area contributed by atoms with Crippen molar-refractivity contribution in [2.24, 2.45) is 0 Å². The van der Waals surface area contributed by atoms with Gasteiger partial charge >= 0.3 is 0 Å². The van der Waals surface area contributed by atoms with E-state index in [1.54, 1.807) is 18.4 Å². The Labute approximate surface area is 121 Å². The van der Waals surface area contributed by atoms with Crippen LogP contribution in [0.2, 0.25) is 0 Å². The average molecular weight is 292 g/mol. The zero-order chi connectivity index (χ0) is 14.5. The molecule has 1 unspecified atom stereocenters. The molecule has 1 fully saturated rings. The summed E-state index contributed by atoms with van der Waals surface area (Å²) in [5.74, 6) is 4.74. The smallest absolute Gasteiger partial charge is 0.263 e. The van der Waals surface area contributed by atoms with Crippen molar-refractivity contribution in [2.75, 3.05) is 6.61 Å². The summed E-state index contributed by atoms with van der Waals surface area (Å²) in [5, 5.41) is 15.9. The Balaban J connectivity index is 1.96. The minimum atomic E-state index is -0.580. The number of hydrogen-bond acceptors (Lipinski definition) is 4. The first kappa shape index (κ1) is 14.6. The summed E-state index contributed by atoms with van der Waals surface area (Å²) in [4.78, 5) is 24.3. The molecule has 2 amide bonds. The van der Waals surface area contributed by atoms with Gasteiger partial charge in [-0.2, -0.15) is 0 Å². The highest BCUT2D eigenvalue weighted by atomic mass is 32.1. The number of thiophene rings is 1. The van der Waals surface area contributed by atoms with Crippen LogP contribution < -0.4 is 10.6 Å². The molecule has 1 aromatic rings. The maximum absolute atomic E-state index is 12.1. The molecule has 1 heterocycles. The largest absolute Gasteiger partial charge is 0.384 e. The maximum atomic E-state index is 12.1. The SMILES string of the molecule is CC(NC(=O)c1sccc1C#CCO)C(=O)NC1CC1. The van der Waals surface area contributed by atoms with Crippen molar-refractivity contribution in [1.82, 2.24) is 10.6 Å². The highest BCUT2D eigenvalue weighted by Gasteiger charge is 2.26. The molecule has 0 bridgehead atoms. The maximum Gasteiger partial charge on any atom is 0.263 e. The van der Waals surface area contributed by atoms with Crippen molar-refractivity contribution in [3.63, 3.8) is 0 Å². The molecule has 6 heteroatoms. The van der Waals surface area contributed by atoms with Gasteiger partial charge in [-0.15, -0.1) is 11.3 Å². The Bertz CT molecular complexity index is 566. The lowest BCUT2D eigenvalue weighted by Crippen LogP contribution is -2.45. The first-order chi connectivity index (χ1) is 9.61. The molecule has 1 aliphatic carbocycles. The average Bonchev–Trinajstić information content (AvgIpc) is 3.10. The molecule has 0 aromatic carbocycles. The van der Waals surface area contributed by atoms with Crippen LogP contribution >= 0.6 is 11.3 Å². The second-order valence-corrected chi connectivity index (χ2v) is 5.52. The van der Waals surface area contributed by atoms with E-state index in [1.807, 2.05) is 0 Å². The van der Waals surface area contributed by atoms with Gasteiger partial charge in [0.15, 0.2) is 0 Å². The number of carbonyl (C=O) groups is 2. The van der Waals surface area contributed by atoms with E-state index in [9.17, 15) is 9.59 Å². The van der Waals surface area contributed by atoms with Gasteiger partial charge in [-0.3, -0.25) is 9.59 Å². The minimum absolute atomic E-state index is 0.166.